The highest BCUT2D eigenvalue weighted by Crippen LogP contribution is 2.42. The molecular formula is C26H21FN6O3S2. The number of nitrogens with zero attached hydrogens (tertiary/aromatic N) is 4. The number of ether oxygens (including phenoxy) is 1. The lowest BCUT2D eigenvalue weighted by atomic mass is 10.00. The van der Waals surface area contributed by atoms with Crippen molar-refractivity contribution in [1.29, 1.82) is 5.26 Å². The van der Waals surface area contributed by atoms with Crippen molar-refractivity contribution in [3.63, 3.8) is 0 Å². The number of aliphatic hydroxyl groups excluding tert-OH is 2. The number of thiazole rings is 1. The molecule has 4 rings (SSSR count). The summed E-state index contributed by atoms with van der Waals surface area (Å²) in [6, 6.07) is 15.1. The van der Waals surface area contributed by atoms with Gasteiger partial charge in [-0.25, -0.2) is 19.2 Å². The largest absolute Gasteiger partial charge is 0.491 e. The first-order chi connectivity index (χ1) is 18.4. The van der Waals surface area contributed by atoms with Crippen molar-refractivity contribution in [3.8, 4) is 22.9 Å². The lowest BCUT2D eigenvalue weighted by molar-refractivity contribution is 0.0536. The molecule has 12 heteroatoms. The van der Waals surface area contributed by atoms with Gasteiger partial charge in [0, 0.05) is 16.7 Å². The van der Waals surface area contributed by atoms with Crippen LogP contribution in [-0.2, 0) is 5.75 Å². The highest BCUT2D eigenvalue weighted by molar-refractivity contribution is 7.98. The van der Waals surface area contributed by atoms with Gasteiger partial charge in [0.05, 0.1) is 30.1 Å². The van der Waals surface area contributed by atoms with E-state index < -0.39 is 12.7 Å². The maximum atomic E-state index is 13.9. The van der Waals surface area contributed by atoms with Crippen LogP contribution in [0.1, 0.15) is 11.3 Å². The monoisotopic (exact) mass is 548 g/mol. The van der Waals surface area contributed by atoms with Crippen LogP contribution >= 0.6 is 23.1 Å². The number of rotatable bonds is 10. The Morgan fingerprint density at radius 2 is 2.00 bits per heavy atom. The molecule has 2 aromatic carbocycles. The van der Waals surface area contributed by atoms with Crippen molar-refractivity contribution < 1.29 is 19.3 Å². The van der Waals surface area contributed by atoms with Gasteiger partial charge in [-0.05, 0) is 29.8 Å². The molecule has 0 bridgehead atoms. The molecule has 0 spiro atoms. The lowest BCUT2D eigenvalue weighted by Gasteiger charge is -2.14. The van der Waals surface area contributed by atoms with Gasteiger partial charge in [-0.2, -0.15) is 5.26 Å². The molecule has 2 heterocycles. The third-order valence-corrected chi connectivity index (χ3v) is 7.02. The van der Waals surface area contributed by atoms with E-state index >= 15 is 0 Å². The van der Waals surface area contributed by atoms with Gasteiger partial charge in [-0.1, -0.05) is 36.0 Å². The third-order valence-electron chi connectivity index (χ3n) is 5.21. The second-order valence-electron chi connectivity index (χ2n) is 7.83. The van der Waals surface area contributed by atoms with Crippen LogP contribution in [0.3, 0.4) is 0 Å². The Hall–Kier alpha value is -4.20. The van der Waals surface area contributed by atoms with Crippen LogP contribution in [0.2, 0.25) is 0 Å². The Kier molecular flexibility index (Phi) is 8.73. The summed E-state index contributed by atoms with van der Waals surface area (Å²) in [5, 5.41) is 34.1. The maximum Gasteiger partial charge on any atom is 0.236 e. The summed E-state index contributed by atoms with van der Waals surface area (Å²) < 4.78 is 19.4. The van der Waals surface area contributed by atoms with Crippen molar-refractivity contribution in [3.05, 3.63) is 82.4 Å². The van der Waals surface area contributed by atoms with Crippen LogP contribution in [0.4, 0.5) is 26.7 Å². The van der Waals surface area contributed by atoms with E-state index in [2.05, 4.69) is 26.2 Å². The predicted molar refractivity (Wildman–Crippen MR) is 145 cm³/mol. The van der Waals surface area contributed by atoms with Crippen molar-refractivity contribution in [1.82, 2.24) is 9.97 Å². The van der Waals surface area contributed by atoms with E-state index in [0.717, 1.165) is 0 Å². The van der Waals surface area contributed by atoms with Gasteiger partial charge in [0.15, 0.2) is 5.13 Å². The van der Waals surface area contributed by atoms with Gasteiger partial charge in [0.2, 0.25) is 5.69 Å². The van der Waals surface area contributed by atoms with Crippen molar-refractivity contribution in [2.75, 3.05) is 24.3 Å². The van der Waals surface area contributed by atoms with Gasteiger partial charge in [-0.15, -0.1) is 11.3 Å². The number of nitrogen functional groups attached to an aromatic ring is 1. The molecule has 0 saturated carbocycles. The van der Waals surface area contributed by atoms with E-state index in [4.69, 9.17) is 22.1 Å². The molecule has 0 aliphatic carbocycles. The Morgan fingerprint density at radius 3 is 2.68 bits per heavy atom. The number of aliphatic hydroxyl groups is 2. The van der Waals surface area contributed by atoms with Gasteiger partial charge < -0.3 is 26.0 Å². The average Bonchev–Trinajstić information content (AvgIpc) is 3.39. The fourth-order valence-electron chi connectivity index (χ4n) is 3.39. The quantitative estimate of drug-likeness (QED) is 0.157. The molecule has 0 amide bonds. The molecule has 192 valence electrons. The molecule has 5 N–H and O–H groups in total. The Morgan fingerprint density at radius 1 is 1.24 bits per heavy atom. The first-order valence-corrected chi connectivity index (χ1v) is 13.0. The number of halogens is 1. The lowest BCUT2D eigenvalue weighted by Crippen LogP contribution is -2.21. The first-order valence-electron chi connectivity index (χ1n) is 11.2. The van der Waals surface area contributed by atoms with E-state index in [0.29, 0.717) is 44.2 Å². The third kappa shape index (κ3) is 6.19. The molecule has 9 nitrogen and oxygen atoms in total. The molecule has 0 saturated heterocycles. The molecule has 2 aromatic heterocycles. The number of thioether (sulfide) groups is 1. The van der Waals surface area contributed by atoms with Gasteiger partial charge in [-0.3, -0.25) is 0 Å². The number of benzene rings is 2. The molecule has 0 radical (unpaired) electrons. The first kappa shape index (κ1) is 26.9. The van der Waals surface area contributed by atoms with Crippen LogP contribution in [-0.4, -0.2) is 39.5 Å². The van der Waals surface area contributed by atoms with Gasteiger partial charge >= 0.3 is 0 Å². The smallest absolute Gasteiger partial charge is 0.236 e. The van der Waals surface area contributed by atoms with E-state index in [9.17, 15) is 14.8 Å². The SMILES string of the molecule is [C-]#[N+]c1c(N)nc(SCc2csc(Nc3ccccc3F)n2)c(C#N)c1-c1ccc(OC[C@H](O)CO)cc1. The van der Waals surface area contributed by atoms with Crippen molar-refractivity contribution >= 4 is 45.4 Å². The van der Waals surface area contributed by atoms with E-state index in [1.54, 1.807) is 42.5 Å². The Bertz CT molecular complexity index is 1520. The van der Waals surface area contributed by atoms with Crippen LogP contribution in [0.25, 0.3) is 16.0 Å². The second-order valence-corrected chi connectivity index (χ2v) is 9.66. The molecule has 0 unspecified atom stereocenters. The van der Waals surface area contributed by atoms with Crippen LogP contribution in [0.15, 0.2) is 58.9 Å². The summed E-state index contributed by atoms with van der Waals surface area (Å²) in [4.78, 5) is 12.3. The second kappa shape index (κ2) is 12.4. The molecular weight excluding hydrogens is 527 g/mol. The fraction of sp³-hybridized carbons (Fsp3) is 0.154. The number of anilines is 3. The minimum absolute atomic E-state index is 0.00285. The molecule has 0 aliphatic rings. The summed E-state index contributed by atoms with van der Waals surface area (Å²) in [5.74, 6) is 0.437. The number of aromatic nitrogens is 2. The summed E-state index contributed by atoms with van der Waals surface area (Å²) in [6.45, 7) is 7.11. The summed E-state index contributed by atoms with van der Waals surface area (Å²) in [6.07, 6.45) is -1.00. The van der Waals surface area contributed by atoms with Crippen molar-refractivity contribution in [2.24, 2.45) is 0 Å². The fourth-order valence-corrected chi connectivity index (χ4v) is 5.10. The van der Waals surface area contributed by atoms with Gasteiger partial charge in [0.1, 0.15) is 41.2 Å². The van der Waals surface area contributed by atoms with Crippen LogP contribution in [0, 0.1) is 23.7 Å². The zero-order chi connectivity index (χ0) is 27.1. The molecule has 1 atom stereocenters. The number of hydrogen-bond acceptors (Lipinski definition) is 10. The summed E-state index contributed by atoms with van der Waals surface area (Å²) >= 11 is 2.58. The number of para-hydroxylation sites is 1. The molecule has 0 aliphatic heterocycles. The molecule has 4 aromatic rings. The van der Waals surface area contributed by atoms with Crippen LogP contribution < -0.4 is 15.8 Å². The molecule has 0 fully saturated rings. The number of nitrogens with one attached hydrogen (secondary N) is 1. The average molecular weight is 549 g/mol. The maximum absolute atomic E-state index is 13.9. The topological polar surface area (TPSA) is 142 Å². The van der Waals surface area contributed by atoms with E-state index in [1.165, 1.54) is 29.2 Å². The highest BCUT2D eigenvalue weighted by atomic mass is 32.2. The number of hydrogen-bond donors (Lipinski definition) is 4. The molecule has 38 heavy (non-hydrogen) atoms. The summed E-state index contributed by atoms with van der Waals surface area (Å²) in [7, 11) is 0. The standard InChI is InChI=1S/C26H21FN6O3S2/c1-30-23-22(15-6-8-18(9-7-15)36-12-17(35)11-34)19(10-28)25(33-24(23)29)37-13-16-14-38-26(31-16)32-21-5-3-2-4-20(21)27/h2-9,14,17,34-35H,11-13H2,(H2,29,33)(H,31,32)/t17-/m1/s1. The minimum atomic E-state index is -1.00. The Labute approximate surface area is 226 Å². The van der Waals surface area contributed by atoms with Gasteiger partial charge in [0.25, 0.3) is 0 Å². The minimum Gasteiger partial charge on any atom is -0.491 e. The highest BCUT2D eigenvalue weighted by Gasteiger charge is 2.21. The zero-order valence-electron chi connectivity index (χ0n) is 19.8. The Balaban J connectivity index is 1.56. The number of nitriles is 1. The predicted octanol–water partition coefficient (Wildman–Crippen LogP) is 5.12. The zero-order valence-corrected chi connectivity index (χ0v) is 21.4. The summed E-state index contributed by atoms with van der Waals surface area (Å²) in [5.41, 5.74) is 8.34. The van der Waals surface area contributed by atoms with Crippen molar-refractivity contribution in [2.45, 2.75) is 16.9 Å². The number of pyridine rings is 1. The van der Waals surface area contributed by atoms with E-state index in [-0.39, 0.29) is 29.5 Å². The van der Waals surface area contributed by atoms with Crippen LogP contribution in [0.5, 0.6) is 5.75 Å². The normalized spacial score (nSPS) is 11.4. The number of nitrogens with two attached hydrogens (primary N) is 1. The van der Waals surface area contributed by atoms with E-state index in [1.807, 2.05) is 5.38 Å².